The summed E-state index contributed by atoms with van der Waals surface area (Å²) < 4.78 is 15.6. The monoisotopic (exact) mass is 481 g/mol. The molecule has 1 aliphatic heterocycles. The van der Waals surface area contributed by atoms with Crippen molar-refractivity contribution in [2.75, 3.05) is 26.9 Å². The zero-order valence-corrected chi connectivity index (χ0v) is 19.7. The Kier molecular flexibility index (Phi) is 8.44. The number of rotatable bonds is 9. The lowest BCUT2D eigenvalue weighted by Crippen LogP contribution is -2.47. The zero-order valence-electron chi connectivity index (χ0n) is 19.7. The normalized spacial score (nSPS) is 14.9. The lowest BCUT2D eigenvalue weighted by molar-refractivity contribution is -0.142. The van der Waals surface area contributed by atoms with Crippen LogP contribution in [0.25, 0.3) is 0 Å². The van der Waals surface area contributed by atoms with Crippen molar-refractivity contribution >= 4 is 23.9 Å². The molecular weight excluding hydrogens is 454 g/mol. The van der Waals surface area contributed by atoms with Crippen LogP contribution in [0.3, 0.4) is 0 Å². The van der Waals surface area contributed by atoms with Gasteiger partial charge in [0, 0.05) is 5.56 Å². The van der Waals surface area contributed by atoms with E-state index >= 15 is 0 Å². The summed E-state index contributed by atoms with van der Waals surface area (Å²) in [5.74, 6) is -1.22. The lowest BCUT2D eigenvalue weighted by Gasteiger charge is -2.29. The number of nitrogens with one attached hydrogen (secondary N) is 3. The van der Waals surface area contributed by atoms with Gasteiger partial charge in [0.05, 0.1) is 31.0 Å². The molecular formula is C25H27N3O7. The van der Waals surface area contributed by atoms with Crippen molar-refractivity contribution < 1.29 is 33.4 Å². The first kappa shape index (κ1) is 25.3. The molecule has 1 aliphatic rings. The minimum absolute atomic E-state index is 0.0892. The number of ether oxygens (including phenoxy) is 3. The Labute approximate surface area is 202 Å². The summed E-state index contributed by atoms with van der Waals surface area (Å²) in [5.41, 5.74) is 2.13. The van der Waals surface area contributed by atoms with E-state index < -0.39 is 36.5 Å². The molecule has 0 saturated heterocycles. The fourth-order valence-electron chi connectivity index (χ4n) is 3.47. The molecule has 3 rings (SSSR count). The molecule has 2 aromatic rings. The molecule has 35 heavy (non-hydrogen) atoms. The van der Waals surface area contributed by atoms with Gasteiger partial charge in [0.2, 0.25) is 0 Å². The van der Waals surface area contributed by atoms with Gasteiger partial charge in [0.25, 0.3) is 5.91 Å². The Morgan fingerprint density at radius 2 is 1.80 bits per heavy atom. The van der Waals surface area contributed by atoms with Crippen LogP contribution in [0.5, 0.6) is 5.75 Å². The molecule has 0 bridgehead atoms. The summed E-state index contributed by atoms with van der Waals surface area (Å²) in [6, 6.07) is 12.3. The van der Waals surface area contributed by atoms with Gasteiger partial charge in [0.1, 0.15) is 18.9 Å². The van der Waals surface area contributed by atoms with Gasteiger partial charge in [-0.2, -0.15) is 0 Å². The van der Waals surface area contributed by atoms with E-state index in [0.29, 0.717) is 16.9 Å². The maximum atomic E-state index is 12.8. The van der Waals surface area contributed by atoms with Crippen LogP contribution in [0.15, 0.2) is 59.8 Å². The molecule has 3 amide bonds. The van der Waals surface area contributed by atoms with Crippen LogP contribution in [0.2, 0.25) is 0 Å². The van der Waals surface area contributed by atoms with E-state index in [1.54, 1.807) is 49.4 Å². The Bertz CT molecular complexity index is 1140. The van der Waals surface area contributed by atoms with E-state index in [-0.39, 0.29) is 24.4 Å². The van der Waals surface area contributed by atoms with E-state index in [9.17, 15) is 19.2 Å². The second-order valence-corrected chi connectivity index (χ2v) is 7.63. The number of methoxy groups -OCH3 is 1. The molecule has 0 radical (unpaired) electrons. The van der Waals surface area contributed by atoms with Crippen molar-refractivity contribution in [3.8, 4) is 5.75 Å². The molecule has 0 fully saturated rings. The smallest absolute Gasteiger partial charge is 0.338 e. The molecule has 3 N–H and O–H groups in total. The van der Waals surface area contributed by atoms with Crippen LogP contribution in [0, 0.1) is 6.92 Å². The Balaban J connectivity index is 1.74. The summed E-state index contributed by atoms with van der Waals surface area (Å²) in [7, 11) is 1.53. The van der Waals surface area contributed by atoms with Crippen LogP contribution < -0.4 is 20.7 Å². The van der Waals surface area contributed by atoms with E-state index in [2.05, 4.69) is 16.0 Å². The molecule has 184 valence electrons. The minimum atomic E-state index is -0.830. The Hall–Kier alpha value is -4.34. The number of carbonyl (C=O) groups is 4. The summed E-state index contributed by atoms with van der Waals surface area (Å²) in [6.07, 6.45) is 0. The van der Waals surface area contributed by atoms with E-state index in [0.717, 1.165) is 5.56 Å². The molecule has 0 saturated carbocycles. The molecule has 0 spiro atoms. The van der Waals surface area contributed by atoms with Gasteiger partial charge in [-0.15, -0.1) is 0 Å². The topological polar surface area (TPSA) is 132 Å². The van der Waals surface area contributed by atoms with E-state index in [1.807, 2.05) is 13.0 Å². The number of amides is 3. The fraction of sp³-hybridized carbons (Fsp3) is 0.280. The third-order valence-electron chi connectivity index (χ3n) is 5.15. The second-order valence-electron chi connectivity index (χ2n) is 7.63. The molecule has 10 nitrogen and oxygen atoms in total. The maximum absolute atomic E-state index is 12.8. The third kappa shape index (κ3) is 6.59. The molecule has 1 heterocycles. The van der Waals surface area contributed by atoms with Crippen LogP contribution in [-0.4, -0.2) is 50.7 Å². The van der Waals surface area contributed by atoms with Gasteiger partial charge in [0.15, 0.2) is 0 Å². The number of carbonyl (C=O) groups excluding carboxylic acids is 4. The first-order valence-electron chi connectivity index (χ1n) is 10.9. The highest BCUT2D eigenvalue weighted by atomic mass is 16.5. The second kappa shape index (κ2) is 11.7. The van der Waals surface area contributed by atoms with Gasteiger partial charge in [-0.05, 0) is 43.7 Å². The highest BCUT2D eigenvalue weighted by Crippen LogP contribution is 2.29. The Morgan fingerprint density at radius 1 is 1.06 bits per heavy atom. The lowest BCUT2D eigenvalue weighted by atomic mass is 9.95. The van der Waals surface area contributed by atoms with Crippen molar-refractivity contribution in [1.29, 1.82) is 0 Å². The number of hydrogen-bond acceptors (Lipinski definition) is 7. The number of hydrogen-bond donors (Lipinski definition) is 3. The number of benzene rings is 2. The molecule has 2 aromatic carbocycles. The average molecular weight is 482 g/mol. The van der Waals surface area contributed by atoms with Crippen molar-refractivity contribution in [2.24, 2.45) is 0 Å². The highest BCUT2D eigenvalue weighted by molar-refractivity contribution is 5.96. The zero-order chi connectivity index (χ0) is 25.4. The molecule has 0 aliphatic carbocycles. The largest absolute Gasteiger partial charge is 0.497 e. The van der Waals surface area contributed by atoms with E-state index in [1.165, 1.54) is 7.11 Å². The number of urea groups is 1. The van der Waals surface area contributed by atoms with Crippen molar-refractivity contribution in [2.45, 2.75) is 19.9 Å². The van der Waals surface area contributed by atoms with Gasteiger partial charge in [-0.1, -0.05) is 29.8 Å². The highest BCUT2D eigenvalue weighted by Gasteiger charge is 2.34. The Morgan fingerprint density at radius 3 is 2.46 bits per heavy atom. The number of esters is 2. The standard InChI is InChI=1S/C25H27N3O7/c1-4-34-24(31)21-19(27-25(32)28-22(21)16-8-10-18(33-3)11-9-16)14-35-20(29)13-26-23(30)17-7-5-6-15(2)12-17/h5-12,22H,4,13-14H2,1-3H3,(H,26,30)(H2,27,28,32). The third-order valence-corrected chi connectivity index (χ3v) is 5.15. The van der Waals surface area contributed by atoms with Crippen LogP contribution in [0.4, 0.5) is 4.79 Å². The quantitative estimate of drug-likeness (QED) is 0.468. The first-order valence-corrected chi connectivity index (χ1v) is 10.9. The summed E-state index contributed by atoms with van der Waals surface area (Å²) in [4.78, 5) is 49.6. The molecule has 1 unspecified atom stereocenters. The maximum Gasteiger partial charge on any atom is 0.338 e. The first-order chi connectivity index (χ1) is 16.8. The summed E-state index contributed by atoms with van der Waals surface area (Å²) in [5, 5.41) is 7.70. The summed E-state index contributed by atoms with van der Waals surface area (Å²) in [6.45, 7) is 2.85. The van der Waals surface area contributed by atoms with Crippen molar-refractivity contribution in [3.63, 3.8) is 0 Å². The SMILES string of the molecule is CCOC(=O)C1=C(COC(=O)CNC(=O)c2cccc(C)c2)NC(=O)NC1c1ccc(OC)cc1. The predicted molar refractivity (Wildman–Crippen MR) is 126 cm³/mol. The predicted octanol–water partition coefficient (Wildman–Crippen LogP) is 2.15. The number of aryl methyl sites for hydroxylation is 1. The van der Waals surface area contributed by atoms with Gasteiger partial charge in [-0.3, -0.25) is 9.59 Å². The van der Waals surface area contributed by atoms with Crippen molar-refractivity contribution in [3.05, 3.63) is 76.5 Å². The average Bonchev–Trinajstić information content (AvgIpc) is 2.85. The van der Waals surface area contributed by atoms with Crippen LogP contribution >= 0.6 is 0 Å². The van der Waals surface area contributed by atoms with Gasteiger partial charge >= 0.3 is 18.0 Å². The van der Waals surface area contributed by atoms with Crippen LogP contribution in [-0.2, 0) is 19.1 Å². The van der Waals surface area contributed by atoms with Gasteiger partial charge in [-0.25, -0.2) is 9.59 Å². The fourth-order valence-corrected chi connectivity index (χ4v) is 3.47. The molecule has 1 atom stereocenters. The summed E-state index contributed by atoms with van der Waals surface area (Å²) >= 11 is 0. The molecule has 0 aromatic heterocycles. The van der Waals surface area contributed by atoms with Crippen LogP contribution in [0.1, 0.15) is 34.5 Å². The van der Waals surface area contributed by atoms with E-state index in [4.69, 9.17) is 14.2 Å². The van der Waals surface area contributed by atoms with Crippen molar-refractivity contribution in [1.82, 2.24) is 16.0 Å². The minimum Gasteiger partial charge on any atom is -0.497 e. The van der Waals surface area contributed by atoms with Gasteiger partial charge < -0.3 is 30.2 Å². The molecule has 10 heteroatoms.